The number of hydrazine groups is 1. The Morgan fingerprint density at radius 2 is 2.07 bits per heavy atom. The van der Waals surface area contributed by atoms with Crippen LogP contribution in [0.3, 0.4) is 0 Å². The number of aryl methyl sites for hydroxylation is 1. The Bertz CT molecular complexity index is 1000. The van der Waals surface area contributed by atoms with Gasteiger partial charge in [-0.25, -0.2) is 10.1 Å². The molecule has 2 aliphatic rings. The highest BCUT2D eigenvalue weighted by Crippen LogP contribution is 2.36. The molecule has 5 rings (SSSR count). The first-order valence-corrected chi connectivity index (χ1v) is 9.96. The maximum atomic E-state index is 5.52. The molecule has 3 aromatic rings. The van der Waals surface area contributed by atoms with Gasteiger partial charge in [-0.3, -0.25) is 5.43 Å². The summed E-state index contributed by atoms with van der Waals surface area (Å²) >= 11 is 0. The molecule has 29 heavy (non-hydrogen) atoms. The highest BCUT2D eigenvalue weighted by molar-refractivity contribution is 5.45. The quantitative estimate of drug-likeness (QED) is 0.600. The monoisotopic (exact) mass is 391 g/mol. The van der Waals surface area contributed by atoms with E-state index in [1.54, 1.807) is 0 Å². The average molecular weight is 391 g/mol. The summed E-state index contributed by atoms with van der Waals surface area (Å²) < 4.78 is 12.9. The molecule has 150 valence electrons. The van der Waals surface area contributed by atoms with Gasteiger partial charge in [-0.1, -0.05) is 24.3 Å². The molecule has 7 heteroatoms. The topological polar surface area (TPSA) is 72.4 Å². The van der Waals surface area contributed by atoms with Gasteiger partial charge in [-0.2, -0.15) is 5.10 Å². The van der Waals surface area contributed by atoms with Gasteiger partial charge in [0, 0.05) is 37.3 Å². The smallest absolute Gasteiger partial charge is 0.231 e. The number of nitrogens with zero attached hydrogens (tertiary/aromatic N) is 2. The summed E-state index contributed by atoms with van der Waals surface area (Å²) in [6.07, 6.45) is 4.02. The second-order valence-electron chi connectivity index (χ2n) is 7.59. The van der Waals surface area contributed by atoms with Crippen molar-refractivity contribution in [2.45, 2.75) is 19.5 Å². The molecule has 0 amide bonds. The van der Waals surface area contributed by atoms with Crippen LogP contribution in [0.15, 0.2) is 54.9 Å². The Balaban J connectivity index is 1.20. The van der Waals surface area contributed by atoms with Gasteiger partial charge in [0.25, 0.3) is 0 Å². The van der Waals surface area contributed by atoms with E-state index >= 15 is 0 Å². The van der Waals surface area contributed by atoms with Crippen molar-refractivity contribution in [2.75, 3.05) is 19.9 Å². The fraction of sp³-hybridized carbons (Fsp3) is 0.318. The maximum absolute atomic E-state index is 5.52. The number of hydrogen-bond acceptors (Lipinski definition) is 6. The van der Waals surface area contributed by atoms with Crippen LogP contribution < -0.4 is 25.6 Å². The van der Waals surface area contributed by atoms with Crippen LogP contribution in [0.2, 0.25) is 0 Å². The van der Waals surface area contributed by atoms with E-state index < -0.39 is 0 Å². The second kappa shape index (κ2) is 7.87. The maximum Gasteiger partial charge on any atom is 0.231 e. The number of fused-ring (bicyclic) bond motifs is 1. The number of hydrogen-bond donors (Lipinski definition) is 3. The van der Waals surface area contributed by atoms with Gasteiger partial charge in [-0.05, 0) is 36.2 Å². The molecule has 2 unspecified atom stereocenters. The van der Waals surface area contributed by atoms with E-state index in [0.717, 1.165) is 36.8 Å². The van der Waals surface area contributed by atoms with Gasteiger partial charge < -0.3 is 14.8 Å². The van der Waals surface area contributed by atoms with Crippen LogP contribution in [0.25, 0.3) is 5.69 Å². The normalized spacial score (nSPS) is 20.3. The summed E-state index contributed by atoms with van der Waals surface area (Å²) in [5.41, 5.74) is 11.4. The highest BCUT2D eigenvalue weighted by atomic mass is 16.7. The average Bonchev–Trinajstić information content (AvgIpc) is 3.48. The van der Waals surface area contributed by atoms with E-state index in [-0.39, 0.29) is 6.04 Å². The number of ether oxygens (including phenoxy) is 2. The first kappa shape index (κ1) is 18.2. The van der Waals surface area contributed by atoms with Crippen LogP contribution in [-0.4, -0.2) is 29.7 Å². The fourth-order valence-corrected chi connectivity index (χ4v) is 3.99. The van der Waals surface area contributed by atoms with Crippen molar-refractivity contribution in [1.29, 1.82) is 0 Å². The molecule has 0 radical (unpaired) electrons. The highest BCUT2D eigenvalue weighted by Gasteiger charge is 2.29. The van der Waals surface area contributed by atoms with Gasteiger partial charge in [0.2, 0.25) is 6.79 Å². The lowest BCUT2D eigenvalue weighted by atomic mass is 9.94. The zero-order valence-electron chi connectivity index (χ0n) is 16.4. The van der Waals surface area contributed by atoms with Gasteiger partial charge in [0.05, 0.1) is 17.9 Å². The van der Waals surface area contributed by atoms with Gasteiger partial charge in [-0.15, -0.1) is 0 Å². The third-order valence-electron chi connectivity index (χ3n) is 5.58. The largest absolute Gasteiger partial charge is 0.454 e. The Labute approximate surface area is 170 Å². The van der Waals surface area contributed by atoms with Crippen molar-refractivity contribution in [3.8, 4) is 17.2 Å². The molecule has 1 aromatic heterocycles. The summed E-state index contributed by atoms with van der Waals surface area (Å²) in [4.78, 5) is 0. The van der Waals surface area contributed by atoms with Crippen LogP contribution in [-0.2, 0) is 6.54 Å². The SMILES string of the molecule is Cc1ccccc1-n1cc(CNCC2CNNC2c2ccc3c(c2)OCO3)cn1. The Hall–Kier alpha value is -2.87. The molecule has 3 heterocycles. The van der Waals surface area contributed by atoms with Crippen molar-refractivity contribution in [3.63, 3.8) is 0 Å². The summed E-state index contributed by atoms with van der Waals surface area (Å²) in [5, 5.41) is 8.11. The van der Waals surface area contributed by atoms with Gasteiger partial charge >= 0.3 is 0 Å². The predicted molar refractivity (Wildman–Crippen MR) is 110 cm³/mol. The molecule has 3 N–H and O–H groups in total. The van der Waals surface area contributed by atoms with Crippen LogP contribution in [0.1, 0.15) is 22.7 Å². The zero-order valence-corrected chi connectivity index (χ0v) is 16.4. The molecule has 2 aliphatic heterocycles. The fourth-order valence-electron chi connectivity index (χ4n) is 3.99. The molecule has 2 atom stereocenters. The third-order valence-corrected chi connectivity index (χ3v) is 5.58. The number of aromatic nitrogens is 2. The van der Waals surface area contributed by atoms with E-state index in [1.165, 1.54) is 16.7 Å². The summed E-state index contributed by atoms with van der Waals surface area (Å²) in [6.45, 7) is 5.00. The summed E-state index contributed by atoms with van der Waals surface area (Å²) in [5.74, 6) is 2.08. The molecule has 0 saturated carbocycles. The van der Waals surface area contributed by atoms with E-state index in [1.807, 2.05) is 29.1 Å². The van der Waals surface area contributed by atoms with Crippen molar-refractivity contribution in [3.05, 3.63) is 71.5 Å². The van der Waals surface area contributed by atoms with E-state index in [2.05, 4.69) is 58.7 Å². The second-order valence-corrected chi connectivity index (χ2v) is 7.59. The van der Waals surface area contributed by atoms with Crippen molar-refractivity contribution < 1.29 is 9.47 Å². The molecule has 0 bridgehead atoms. The van der Waals surface area contributed by atoms with Crippen LogP contribution in [0, 0.1) is 12.8 Å². The minimum Gasteiger partial charge on any atom is -0.454 e. The third kappa shape index (κ3) is 3.72. The summed E-state index contributed by atoms with van der Waals surface area (Å²) in [7, 11) is 0. The van der Waals surface area contributed by atoms with Crippen LogP contribution in [0.5, 0.6) is 11.5 Å². The number of para-hydroxylation sites is 1. The number of benzene rings is 2. The zero-order chi connectivity index (χ0) is 19.6. The minimum absolute atomic E-state index is 0.228. The van der Waals surface area contributed by atoms with E-state index in [4.69, 9.17) is 9.47 Å². The lowest BCUT2D eigenvalue weighted by Crippen LogP contribution is -2.28. The lowest BCUT2D eigenvalue weighted by Gasteiger charge is -2.19. The molecule has 0 aliphatic carbocycles. The Morgan fingerprint density at radius 3 is 3.00 bits per heavy atom. The number of nitrogens with one attached hydrogen (secondary N) is 3. The van der Waals surface area contributed by atoms with Crippen LogP contribution in [0.4, 0.5) is 0 Å². The van der Waals surface area contributed by atoms with Crippen LogP contribution >= 0.6 is 0 Å². The molecule has 1 saturated heterocycles. The molecule has 7 nitrogen and oxygen atoms in total. The van der Waals surface area contributed by atoms with Crippen molar-refractivity contribution in [2.24, 2.45) is 5.92 Å². The molecule has 0 spiro atoms. The van der Waals surface area contributed by atoms with Gasteiger partial charge in [0.15, 0.2) is 11.5 Å². The molecular weight excluding hydrogens is 366 g/mol. The predicted octanol–water partition coefficient (Wildman–Crippen LogP) is 2.46. The Kier molecular flexibility index (Phi) is 4.93. The number of rotatable bonds is 6. The van der Waals surface area contributed by atoms with E-state index in [9.17, 15) is 0 Å². The minimum atomic E-state index is 0.228. The lowest BCUT2D eigenvalue weighted by molar-refractivity contribution is 0.174. The standard InChI is InChI=1S/C22H25N5O2/c1-15-4-2-3-5-19(15)27-13-16(10-25-27)9-23-11-18-12-24-26-22(18)17-6-7-20-21(8-17)29-14-28-20/h2-8,10,13,18,22-24,26H,9,11-12,14H2,1H3. The molecule has 1 fully saturated rings. The molecular formula is C22H25N5O2. The first-order valence-electron chi connectivity index (χ1n) is 9.96. The van der Waals surface area contributed by atoms with Crippen molar-refractivity contribution in [1.82, 2.24) is 25.9 Å². The first-order chi connectivity index (χ1) is 14.3. The molecule has 2 aromatic carbocycles. The summed E-state index contributed by atoms with van der Waals surface area (Å²) in [6, 6.07) is 14.7. The van der Waals surface area contributed by atoms with E-state index in [0.29, 0.717) is 12.7 Å². The Morgan fingerprint density at radius 1 is 1.17 bits per heavy atom. The van der Waals surface area contributed by atoms with Crippen molar-refractivity contribution >= 4 is 0 Å². The van der Waals surface area contributed by atoms with Gasteiger partial charge in [0.1, 0.15) is 0 Å².